The summed E-state index contributed by atoms with van der Waals surface area (Å²) in [5, 5.41) is 3.29. The molecule has 8 heteroatoms. The van der Waals surface area contributed by atoms with Crippen LogP contribution in [0.1, 0.15) is 37.0 Å². The van der Waals surface area contributed by atoms with Gasteiger partial charge in [-0.2, -0.15) is 0 Å². The maximum atomic E-state index is 15.3. The van der Waals surface area contributed by atoms with Crippen LogP contribution < -0.4 is 16.8 Å². The molecule has 0 saturated carbocycles. The van der Waals surface area contributed by atoms with E-state index in [9.17, 15) is 9.59 Å². The van der Waals surface area contributed by atoms with Crippen molar-refractivity contribution in [3.05, 3.63) is 46.7 Å². The van der Waals surface area contributed by atoms with E-state index in [4.69, 9.17) is 23.1 Å². The number of pyridine rings is 1. The number of primary amides is 1. The number of amides is 1. The summed E-state index contributed by atoms with van der Waals surface area (Å²) in [5.74, 6) is -1.29. The molecule has 0 bridgehead atoms. The monoisotopic (exact) mass is 394 g/mol. The minimum atomic E-state index is -1.59. The fourth-order valence-electron chi connectivity index (χ4n) is 3.20. The molecule has 1 aromatic heterocycles. The van der Waals surface area contributed by atoms with Gasteiger partial charge in [0.05, 0.1) is 10.6 Å². The van der Waals surface area contributed by atoms with Gasteiger partial charge in [-0.15, -0.1) is 0 Å². The summed E-state index contributed by atoms with van der Waals surface area (Å²) < 4.78 is 15.3. The van der Waals surface area contributed by atoms with Crippen molar-refractivity contribution in [1.82, 2.24) is 10.3 Å². The number of carbonyl (C=O) groups excluding carboxylic acids is 2. The molecule has 1 aromatic rings. The van der Waals surface area contributed by atoms with E-state index in [1.54, 1.807) is 12.2 Å². The standard InChI is InChI=1S/C19H24ClFN4O2/c1-3-14(25-10(2)8-16(23)26)12-5-6-13(20)17(18(12)21)19(27)11-4-7-15(22)24-9-11/h4-7,9-10,12,14,18,25H,3,8H2,1-2H3,(H2,22,24)(H2,23,26)/t10-,12?,14-,18?/m1/s1. The van der Waals surface area contributed by atoms with Gasteiger partial charge in [0, 0.05) is 36.2 Å². The van der Waals surface area contributed by atoms with Crippen LogP contribution in [0.25, 0.3) is 0 Å². The molecule has 1 heterocycles. The smallest absolute Gasteiger partial charge is 0.218 e. The first kappa shape index (κ1) is 21.1. The third-order valence-electron chi connectivity index (χ3n) is 4.54. The highest BCUT2D eigenvalue weighted by atomic mass is 35.5. The van der Waals surface area contributed by atoms with Crippen molar-refractivity contribution in [1.29, 1.82) is 0 Å². The molecule has 6 nitrogen and oxygen atoms in total. The van der Waals surface area contributed by atoms with Crippen LogP contribution in [0.5, 0.6) is 0 Å². The van der Waals surface area contributed by atoms with Crippen LogP contribution in [0.4, 0.5) is 10.2 Å². The van der Waals surface area contributed by atoms with Gasteiger partial charge in [0.25, 0.3) is 0 Å². The number of nitrogen functional groups attached to an aromatic ring is 1. The molecule has 0 saturated heterocycles. The van der Waals surface area contributed by atoms with Gasteiger partial charge in [-0.25, -0.2) is 9.37 Å². The molecular formula is C19H24ClFN4O2. The van der Waals surface area contributed by atoms with E-state index < -0.39 is 23.8 Å². The highest BCUT2D eigenvalue weighted by Gasteiger charge is 2.37. The first-order valence-electron chi connectivity index (χ1n) is 8.77. The quantitative estimate of drug-likeness (QED) is 0.586. The zero-order valence-corrected chi connectivity index (χ0v) is 16.0. The number of nitrogens with zero attached hydrogens (tertiary/aromatic N) is 1. The van der Waals surface area contributed by atoms with Crippen molar-refractivity contribution in [2.24, 2.45) is 11.7 Å². The Bertz CT molecular complexity index is 763. The molecule has 0 radical (unpaired) electrons. The predicted octanol–water partition coefficient (Wildman–Crippen LogP) is 2.50. The average Bonchev–Trinajstić information content (AvgIpc) is 2.60. The number of Topliss-reactive ketones (excluding diaryl/α,β-unsaturated/α-hetero) is 1. The Morgan fingerprint density at radius 1 is 1.41 bits per heavy atom. The first-order valence-corrected chi connectivity index (χ1v) is 9.14. The predicted molar refractivity (Wildman–Crippen MR) is 104 cm³/mol. The minimum absolute atomic E-state index is 0.0700. The van der Waals surface area contributed by atoms with Gasteiger partial charge < -0.3 is 16.8 Å². The second kappa shape index (κ2) is 9.10. The fourth-order valence-corrected chi connectivity index (χ4v) is 3.46. The highest BCUT2D eigenvalue weighted by molar-refractivity contribution is 6.34. The van der Waals surface area contributed by atoms with Crippen LogP contribution in [0, 0.1) is 5.92 Å². The number of halogens is 2. The third-order valence-corrected chi connectivity index (χ3v) is 4.87. The summed E-state index contributed by atoms with van der Waals surface area (Å²) >= 11 is 6.15. The normalized spacial score (nSPS) is 21.8. The average molecular weight is 395 g/mol. The van der Waals surface area contributed by atoms with E-state index in [0.29, 0.717) is 6.42 Å². The van der Waals surface area contributed by atoms with E-state index in [2.05, 4.69) is 10.3 Å². The summed E-state index contributed by atoms with van der Waals surface area (Å²) in [6, 6.07) is 2.47. The number of anilines is 1. The van der Waals surface area contributed by atoms with Crippen molar-refractivity contribution in [2.45, 2.75) is 44.9 Å². The number of nitrogens with two attached hydrogens (primary N) is 2. The number of alkyl halides is 1. The second-order valence-corrected chi connectivity index (χ2v) is 7.06. The lowest BCUT2D eigenvalue weighted by Crippen LogP contribution is -2.46. The maximum absolute atomic E-state index is 15.3. The SMILES string of the molecule is CC[C@@H](N[C@H](C)CC(N)=O)C1C=CC(Cl)=C(C(=O)c2ccc(N)nc2)C1F. The Hall–Kier alpha value is -2.25. The van der Waals surface area contributed by atoms with Crippen molar-refractivity contribution >= 4 is 29.1 Å². The van der Waals surface area contributed by atoms with Crippen molar-refractivity contribution < 1.29 is 14.0 Å². The van der Waals surface area contributed by atoms with Crippen molar-refractivity contribution in [3.8, 4) is 0 Å². The topological polar surface area (TPSA) is 111 Å². The van der Waals surface area contributed by atoms with E-state index in [0.717, 1.165) is 0 Å². The molecule has 0 aromatic carbocycles. The van der Waals surface area contributed by atoms with E-state index in [1.165, 1.54) is 18.3 Å². The summed E-state index contributed by atoms with van der Waals surface area (Å²) in [6.45, 7) is 3.71. The zero-order chi connectivity index (χ0) is 20.1. The molecule has 1 amide bonds. The van der Waals surface area contributed by atoms with Gasteiger partial charge in [0.1, 0.15) is 12.0 Å². The van der Waals surface area contributed by atoms with Gasteiger partial charge in [0.2, 0.25) is 5.91 Å². The third kappa shape index (κ3) is 5.14. The molecule has 146 valence electrons. The molecular weight excluding hydrogens is 371 g/mol. The van der Waals surface area contributed by atoms with Crippen LogP contribution in [0.15, 0.2) is 41.1 Å². The number of nitrogens with one attached hydrogen (secondary N) is 1. The minimum Gasteiger partial charge on any atom is -0.384 e. The number of aromatic nitrogens is 1. The molecule has 4 atom stereocenters. The lowest BCUT2D eigenvalue weighted by Gasteiger charge is -2.33. The molecule has 1 aliphatic rings. The van der Waals surface area contributed by atoms with E-state index >= 15 is 4.39 Å². The van der Waals surface area contributed by atoms with E-state index in [1.807, 2.05) is 13.8 Å². The molecule has 2 rings (SSSR count). The number of allylic oxidation sites excluding steroid dienone is 3. The molecule has 0 aliphatic heterocycles. The molecule has 5 N–H and O–H groups in total. The molecule has 1 aliphatic carbocycles. The van der Waals surface area contributed by atoms with Gasteiger partial charge in [-0.1, -0.05) is 24.6 Å². The maximum Gasteiger partial charge on any atom is 0.218 e. The molecule has 0 fully saturated rings. The van der Waals surface area contributed by atoms with Crippen LogP contribution in [0.2, 0.25) is 0 Å². The number of carbonyl (C=O) groups is 2. The lowest BCUT2D eigenvalue weighted by atomic mass is 9.82. The Kier molecular flexibility index (Phi) is 7.10. The van der Waals surface area contributed by atoms with Crippen LogP contribution >= 0.6 is 11.6 Å². The van der Waals surface area contributed by atoms with Gasteiger partial charge in [-0.05, 0) is 31.6 Å². The van der Waals surface area contributed by atoms with Gasteiger partial charge in [-0.3, -0.25) is 9.59 Å². The summed E-state index contributed by atoms with van der Waals surface area (Å²) in [5.41, 5.74) is 10.9. The first-order chi connectivity index (χ1) is 12.7. The summed E-state index contributed by atoms with van der Waals surface area (Å²) in [7, 11) is 0. The Morgan fingerprint density at radius 3 is 2.67 bits per heavy atom. The number of rotatable bonds is 8. The lowest BCUT2D eigenvalue weighted by molar-refractivity contribution is -0.118. The van der Waals surface area contributed by atoms with Gasteiger partial charge in [0.15, 0.2) is 5.78 Å². The van der Waals surface area contributed by atoms with Gasteiger partial charge >= 0.3 is 0 Å². The molecule has 0 spiro atoms. The largest absolute Gasteiger partial charge is 0.384 e. The van der Waals surface area contributed by atoms with Crippen molar-refractivity contribution in [2.75, 3.05) is 5.73 Å². The zero-order valence-electron chi connectivity index (χ0n) is 15.3. The van der Waals surface area contributed by atoms with Crippen LogP contribution in [-0.2, 0) is 4.79 Å². The van der Waals surface area contributed by atoms with Crippen molar-refractivity contribution in [3.63, 3.8) is 0 Å². The van der Waals surface area contributed by atoms with Crippen LogP contribution in [0.3, 0.4) is 0 Å². The highest BCUT2D eigenvalue weighted by Crippen LogP contribution is 2.34. The number of ketones is 1. The van der Waals surface area contributed by atoms with Crippen LogP contribution in [-0.4, -0.2) is 34.9 Å². The summed E-state index contributed by atoms with van der Waals surface area (Å²) in [4.78, 5) is 27.7. The second-order valence-electron chi connectivity index (χ2n) is 6.65. The fraction of sp³-hybridized carbons (Fsp3) is 0.421. The Morgan fingerprint density at radius 2 is 2.11 bits per heavy atom. The Balaban J connectivity index is 2.23. The van der Waals surface area contributed by atoms with E-state index in [-0.39, 0.29) is 40.5 Å². The molecule has 27 heavy (non-hydrogen) atoms. The number of hydrogen-bond donors (Lipinski definition) is 3. The molecule has 2 unspecified atom stereocenters. The number of hydrogen-bond acceptors (Lipinski definition) is 5. The summed E-state index contributed by atoms with van der Waals surface area (Å²) in [6.07, 6.45) is 3.65. The Labute approximate surface area is 162 Å².